The van der Waals surface area contributed by atoms with Crippen LogP contribution in [0, 0.1) is 0 Å². The molecule has 1 unspecified atom stereocenters. The molecule has 0 fully saturated rings. The van der Waals surface area contributed by atoms with Crippen LogP contribution < -0.4 is 5.32 Å². The molecule has 15 heavy (non-hydrogen) atoms. The monoisotopic (exact) mass is 249 g/mol. The predicted molar refractivity (Wildman–Crippen MR) is 61.8 cm³/mol. The second-order valence-electron chi connectivity index (χ2n) is 3.33. The lowest BCUT2D eigenvalue weighted by Gasteiger charge is -2.11. The van der Waals surface area contributed by atoms with Crippen molar-refractivity contribution < 1.29 is 13.0 Å². The summed E-state index contributed by atoms with van der Waals surface area (Å²) in [4.78, 5) is 1.22. The minimum absolute atomic E-state index is 0.183. The van der Waals surface area contributed by atoms with Crippen LogP contribution in [0.3, 0.4) is 0 Å². The first-order chi connectivity index (χ1) is 6.99. The molecule has 1 atom stereocenters. The molecule has 1 rings (SSSR count). The third kappa shape index (κ3) is 5.27. The van der Waals surface area contributed by atoms with E-state index in [1.165, 1.54) is 4.88 Å². The molecule has 0 spiro atoms. The summed E-state index contributed by atoms with van der Waals surface area (Å²) in [5.74, 6) is -0.183. The molecule has 0 aromatic carbocycles. The lowest BCUT2D eigenvalue weighted by molar-refractivity contribution is 0.477. The van der Waals surface area contributed by atoms with E-state index in [1.54, 1.807) is 11.3 Å². The third-order valence-electron chi connectivity index (χ3n) is 2.00. The van der Waals surface area contributed by atoms with Gasteiger partial charge in [-0.15, -0.1) is 11.3 Å². The number of hydrogen-bond donors (Lipinski definition) is 2. The zero-order chi connectivity index (χ0) is 11.3. The van der Waals surface area contributed by atoms with E-state index >= 15 is 0 Å². The van der Waals surface area contributed by atoms with Gasteiger partial charge in [-0.2, -0.15) is 8.42 Å². The van der Waals surface area contributed by atoms with E-state index in [4.69, 9.17) is 4.55 Å². The van der Waals surface area contributed by atoms with Crippen LogP contribution in [0.2, 0.25) is 0 Å². The minimum Gasteiger partial charge on any atom is -0.309 e. The van der Waals surface area contributed by atoms with E-state index in [9.17, 15) is 8.42 Å². The number of nitrogens with one attached hydrogen (secondary N) is 1. The van der Waals surface area contributed by atoms with Crippen molar-refractivity contribution in [3.05, 3.63) is 22.4 Å². The average Bonchev–Trinajstić information content (AvgIpc) is 2.63. The van der Waals surface area contributed by atoms with Gasteiger partial charge in [-0.25, -0.2) is 0 Å². The van der Waals surface area contributed by atoms with E-state index in [0.717, 1.165) is 0 Å². The van der Waals surface area contributed by atoms with Crippen molar-refractivity contribution in [2.75, 3.05) is 12.3 Å². The average molecular weight is 249 g/mol. The normalized spacial score (nSPS) is 14.0. The van der Waals surface area contributed by atoms with Crippen LogP contribution in [0.5, 0.6) is 0 Å². The summed E-state index contributed by atoms with van der Waals surface area (Å²) in [5.41, 5.74) is 0. The van der Waals surface area contributed by atoms with Crippen LogP contribution in [-0.2, 0) is 10.1 Å². The molecule has 6 heteroatoms. The Labute approximate surface area is 94.1 Å². The van der Waals surface area contributed by atoms with Gasteiger partial charge in [0.2, 0.25) is 0 Å². The first-order valence-corrected chi connectivity index (χ1v) is 7.20. The molecule has 0 bridgehead atoms. The Morgan fingerprint density at radius 3 is 2.87 bits per heavy atom. The molecule has 0 saturated carbocycles. The first-order valence-electron chi connectivity index (χ1n) is 4.71. The van der Waals surface area contributed by atoms with E-state index < -0.39 is 10.1 Å². The standard InChI is InChI=1S/C9H15NO3S2/c1-8(9-4-2-6-14-9)10-5-3-7-15(11,12)13/h2,4,6,8,10H,3,5,7H2,1H3,(H,11,12,13). The van der Waals surface area contributed by atoms with Crippen LogP contribution in [0.4, 0.5) is 0 Å². The molecular weight excluding hydrogens is 234 g/mol. The van der Waals surface area contributed by atoms with Crippen molar-refractivity contribution >= 4 is 21.5 Å². The fourth-order valence-corrected chi connectivity index (χ4v) is 2.48. The molecule has 0 aliphatic rings. The summed E-state index contributed by atoms with van der Waals surface area (Å²) in [6.45, 7) is 2.61. The van der Waals surface area contributed by atoms with Gasteiger partial charge in [-0.3, -0.25) is 4.55 Å². The molecular formula is C9H15NO3S2. The molecule has 4 nitrogen and oxygen atoms in total. The highest BCUT2D eigenvalue weighted by atomic mass is 32.2. The molecule has 86 valence electrons. The maximum atomic E-state index is 10.4. The fourth-order valence-electron chi connectivity index (χ4n) is 1.21. The Morgan fingerprint density at radius 2 is 2.33 bits per heavy atom. The Balaban J connectivity index is 2.21. The van der Waals surface area contributed by atoms with Crippen molar-refractivity contribution in [3.8, 4) is 0 Å². The minimum atomic E-state index is -3.81. The molecule has 0 aliphatic heterocycles. The molecule has 1 aromatic heterocycles. The SMILES string of the molecule is CC(NCCCS(=O)(=O)O)c1cccs1. The summed E-state index contributed by atoms with van der Waals surface area (Å²) in [7, 11) is -3.81. The molecule has 0 saturated heterocycles. The maximum Gasteiger partial charge on any atom is 0.264 e. The van der Waals surface area contributed by atoms with E-state index in [0.29, 0.717) is 13.0 Å². The summed E-state index contributed by atoms with van der Waals surface area (Å²) in [6, 6.07) is 4.24. The van der Waals surface area contributed by atoms with Gasteiger partial charge >= 0.3 is 0 Å². The smallest absolute Gasteiger partial charge is 0.264 e. The van der Waals surface area contributed by atoms with Gasteiger partial charge in [0.1, 0.15) is 0 Å². The highest BCUT2D eigenvalue weighted by molar-refractivity contribution is 7.85. The zero-order valence-electron chi connectivity index (χ0n) is 8.51. The quantitative estimate of drug-likeness (QED) is 0.594. The highest BCUT2D eigenvalue weighted by Gasteiger charge is 2.07. The van der Waals surface area contributed by atoms with Gasteiger partial charge in [0.05, 0.1) is 5.75 Å². The molecule has 1 aromatic rings. The molecule has 1 heterocycles. The Morgan fingerprint density at radius 1 is 1.60 bits per heavy atom. The van der Waals surface area contributed by atoms with Crippen molar-refractivity contribution in [1.82, 2.24) is 5.32 Å². The molecule has 0 aliphatic carbocycles. The number of hydrogen-bond acceptors (Lipinski definition) is 4. The Hall–Kier alpha value is -0.430. The second-order valence-corrected chi connectivity index (χ2v) is 5.88. The maximum absolute atomic E-state index is 10.4. The van der Waals surface area contributed by atoms with Gasteiger partial charge in [0, 0.05) is 10.9 Å². The van der Waals surface area contributed by atoms with Crippen molar-refractivity contribution in [2.45, 2.75) is 19.4 Å². The molecule has 2 N–H and O–H groups in total. The van der Waals surface area contributed by atoms with Gasteiger partial charge in [-0.05, 0) is 31.3 Å². The van der Waals surface area contributed by atoms with Gasteiger partial charge < -0.3 is 5.32 Å². The zero-order valence-corrected chi connectivity index (χ0v) is 10.1. The Kier molecular flexibility index (Phi) is 4.72. The summed E-state index contributed by atoms with van der Waals surface area (Å²) >= 11 is 1.66. The largest absolute Gasteiger partial charge is 0.309 e. The molecule has 0 amide bonds. The topological polar surface area (TPSA) is 66.4 Å². The van der Waals surface area contributed by atoms with Crippen LogP contribution >= 0.6 is 11.3 Å². The van der Waals surface area contributed by atoms with E-state index in [-0.39, 0.29) is 11.8 Å². The summed E-state index contributed by atoms with van der Waals surface area (Å²) < 4.78 is 29.4. The lowest BCUT2D eigenvalue weighted by atomic mass is 10.2. The lowest BCUT2D eigenvalue weighted by Crippen LogP contribution is -2.21. The van der Waals surface area contributed by atoms with Crippen molar-refractivity contribution in [1.29, 1.82) is 0 Å². The third-order valence-corrected chi connectivity index (χ3v) is 3.86. The van der Waals surface area contributed by atoms with Crippen molar-refractivity contribution in [3.63, 3.8) is 0 Å². The van der Waals surface area contributed by atoms with Crippen LogP contribution in [0.1, 0.15) is 24.3 Å². The van der Waals surface area contributed by atoms with Gasteiger partial charge in [0.15, 0.2) is 0 Å². The van der Waals surface area contributed by atoms with Crippen LogP contribution in [0.15, 0.2) is 17.5 Å². The first kappa shape index (κ1) is 12.6. The van der Waals surface area contributed by atoms with E-state index in [2.05, 4.69) is 5.32 Å². The highest BCUT2D eigenvalue weighted by Crippen LogP contribution is 2.17. The predicted octanol–water partition coefficient (Wildman–Crippen LogP) is 1.68. The summed E-state index contributed by atoms with van der Waals surface area (Å²) in [5, 5.41) is 5.20. The number of thiophene rings is 1. The van der Waals surface area contributed by atoms with Gasteiger partial charge in [-0.1, -0.05) is 6.07 Å². The Bertz CT molecular complexity index is 372. The second kappa shape index (κ2) is 5.60. The fraction of sp³-hybridized carbons (Fsp3) is 0.556. The van der Waals surface area contributed by atoms with E-state index in [1.807, 2.05) is 24.4 Å². The number of rotatable bonds is 6. The van der Waals surface area contributed by atoms with Gasteiger partial charge in [0.25, 0.3) is 10.1 Å². The van der Waals surface area contributed by atoms with Crippen molar-refractivity contribution in [2.24, 2.45) is 0 Å². The molecule has 0 radical (unpaired) electrons. The summed E-state index contributed by atoms with van der Waals surface area (Å²) in [6.07, 6.45) is 0.425. The van der Waals surface area contributed by atoms with Crippen LogP contribution in [-0.4, -0.2) is 25.3 Å². The van der Waals surface area contributed by atoms with Crippen LogP contribution in [0.25, 0.3) is 0 Å².